The van der Waals surface area contributed by atoms with E-state index in [9.17, 15) is 5.11 Å². The third-order valence-corrected chi connectivity index (χ3v) is 1.74. The highest BCUT2D eigenvalue weighted by molar-refractivity contribution is 5.33. The van der Waals surface area contributed by atoms with Crippen LogP contribution >= 0.6 is 0 Å². The van der Waals surface area contributed by atoms with Gasteiger partial charge in [-0.25, -0.2) is 0 Å². The van der Waals surface area contributed by atoms with E-state index in [1.54, 1.807) is 12.1 Å². The van der Waals surface area contributed by atoms with Gasteiger partial charge in [0.05, 0.1) is 0 Å². The summed E-state index contributed by atoms with van der Waals surface area (Å²) in [6, 6.07) is 5.43. The second-order valence-electron chi connectivity index (χ2n) is 3.23. The molecule has 0 amide bonds. The van der Waals surface area contributed by atoms with Gasteiger partial charge in [0, 0.05) is 0 Å². The number of halogens is 1. The van der Waals surface area contributed by atoms with Crippen molar-refractivity contribution in [1.82, 2.24) is 0 Å². The molecule has 12 heavy (non-hydrogen) atoms. The number of benzene rings is 1. The summed E-state index contributed by atoms with van der Waals surface area (Å²) in [5.41, 5.74) is 2.19. The zero-order valence-electron chi connectivity index (χ0n) is 7.60. The molecule has 0 aliphatic heterocycles. The summed E-state index contributed by atoms with van der Waals surface area (Å²) in [6.45, 7) is 6.13. The Morgan fingerprint density at radius 3 is 2.17 bits per heavy atom. The van der Waals surface area contributed by atoms with Crippen LogP contribution in [0.1, 0.15) is 30.9 Å². The second kappa shape index (κ2) is 4.36. The first-order chi connectivity index (χ1) is 5.09. The van der Waals surface area contributed by atoms with Gasteiger partial charge in [-0.05, 0) is 18.4 Å². The van der Waals surface area contributed by atoms with Crippen molar-refractivity contribution in [2.75, 3.05) is 0 Å². The van der Waals surface area contributed by atoms with E-state index in [1.807, 2.05) is 6.92 Å². The van der Waals surface area contributed by atoms with Gasteiger partial charge >= 0.3 is 0 Å². The van der Waals surface area contributed by atoms with E-state index < -0.39 is 0 Å². The summed E-state index contributed by atoms with van der Waals surface area (Å²) >= 11 is 0. The SMILES string of the molecule is Cc1cc([O-])cc(C(C)C)c1.[Cl-]. The lowest BCUT2D eigenvalue weighted by atomic mass is 10.0. The monoisotopic (exact) mass is 184 g/mol. The third kappa shape index (κ3) is 2.74. The van der Waals surface area contributed by atoms with Crippen LogP contribution in [-0.2, 0) is 0 Å². The van der Waals surface area contributed by atoms with Gasteiger partial charge in [-0.2, -0.15) is 0 Å². The molecular formula is C10H13ClO-2. The van der Waals surface area contributed by atoms with Crippen molar-refractivity contribution in [2.45, 2.75) is 26.7 Å². The zero-order valence-corrected chi connectivity index (χ0v) is 8.35. The van der Waals surface area contributed by atoms with Crippen molar-refractivity contribution in [3.8, 4) is 5.75 Å². The Labute approximate surface area is 79.8 Å². The summed E-state index contributed by atoms with van der Waals surface area (Å²) < 4.78 is 0. The van der Waals surface area contributed by atoms with Crippen LogP contribution in [0.5, 0.6) is 5.75 Å². The summed E-state index contributed by atoms with van der Waals surface area (Å²) in [4.78, 5) is 0. The minimum Gasteiger partial charge on any atom is -1.00 e. The lowest BCUT2D eigenvalue weighted by Crippen LogP contribution is -3.00. The smallest absolute Gasteiger partial charge is 0.0219 e. The maximum Gasteiger partial charge on any atom is -0.0219 e. The standard InChI is InChI=1S/C10H14O.ClH/c1-7(2)9-4-8(3)5-10(11)6-9;/h4-7,11H,1-3H3;1H/p-2. The highest BCUT2D eigenvalue weighted by Crippen LogP contribution is 2.19. The molecule has 0 atom stereocenters. The molecule has 0 saturated heterocycles. The molecule has 68 valence electrons. The van der Waals surface area contributed by atoms with E-state index in [1.165, 1.54) is 0 Å². The van der Waals surface area contributed by atoms with Crippen molar-refractivity contribution < 1.29 is 17.5 Å². The summed E-state index contributed by atoms with van der Waals surface area (Å²) in [5, 5.41) is 11.0. The van der Waals surface area contributed by atoms with Crippen LogP contribution in [0.25, 0.3) is 0 Å². The van der Waals surface area contributed by atoms with E-state index in [0.29, 0.717) is 5.92 Å². The van der Waals surface area contributed by atoms with Crippen LogP contribution in [0.15, 0.2) is 18.2 Å². The maximum atomic E-state index is 11.0. The molecule has 1 aromatic carbocycles. The first-order valence-corrected chi connectivity index (χ1v) is 3.88. The van der Waals surface area contributed by atoms with Gasteiger partial charge in [0.1, 0.15) is 0 Å². The van der Waals surface area contributed by atoms with Crippen LogP contribution in [0.3, 0.4) is 0 Å². The average Bonchev–Trinajstić information content (AvgIpc) is 1.85. The molecule has 0 radical (unpaired) electrons. The van der Waals surface area contributed by atoms with Crippen LogP contribution in [0.4, 0.5) is 0 Å². The van der Waals surface area contributed by atoms with Crippen molar-refractivity contribution in [1.29, 1.82) is 0 Å². The predicted octanol–water partition coefficient (Wildman–Crippen LogP) is -0.804. The number of aryl methyl sites for hydroxylation is 1. The van der Waals surface area contributed by atoms with Crippen LogP contribution in [0.2, 0.25) is 0 Å². The summed E-state index contributed by atoms with van der Waals surface area (Å²) in [5.74, 6) is 0.566. The molecule has 0 aliphatic rings. The third-order valence-electron chi connectivity index (χ3n) is 1.74. The highest BCUT2D eigenvalue weighted by Gasteiger charge is 1.97. The van der Waals surface area contributed by atoms with Crippen LogP contribution in [0, 0.1) is 6.92 Å². The van der Waals surface area contributed by atoms with Crippen molar-refractivity contribution in [2.24, 2.45) is 0 Å². The van der Waals surface area contributed by atoms with Gasteiger partial charge in [-0.1, -0.05) is 37.6 Å². The fraction of sp³-hybridized carbons (Fsp3) is 0.400. The van der Waals surface area contributed by atoms with Gasteiger partial charge in [0.2, 0.25) is 0 Å². The summed E-state index contributed by atoms with van der Waals surface area (Å²) in [7, 11) is 0. The first-order valence-electron chi connectivity index (χ1n) is 3.88. The normalized spacial score (nSPS) is 9.67. The molecule has 0 aliphatic carbocycles. The Morgan fingerprint density at radius 1 is 1.17 bits per heavy atom. The highest BCUT2D eigenvalue weighted by atomic mass is 35.5. The van der Waals surface area contributed by atoms with Gasteiger partial charge in [0.15, 0.2) is 0 Å². The molecule has 0 heterocycles. The molecular weight excluding hydrogens is 172 g/mol. The van der Waals surface area contributed by atoms with E-state index in [-0.39, 0.29) is 18.2 Å². The molecule has 2 heteroatoms. The van der Waals surface area contributed by atoms with E-state index in [2.05, 4.69) is 19.9 Å². The minimum atomic E-state index is 0. The molecule has 0 N–H and O–H groups in total. The van der Waals surface area contributed by atoms with Gasteiger partial charge in [-0.15, -0.1) is 5.75 Å². The zero-order chi connectivity index (χ0) is 8.43. The first kappa shape index (κ1) is 11.3. The number of hydrogen-bond donors (Lipinski definition) is 0. The van der Waals surface area contributed by atoms with Crippen molar-refractivity contribution in [3.63, 3.8) is 0 Å². The van der Waals surface area contributed by atoms with Crippen LogP contribution < -0.4 is 17.5 Å². The quantitative estimate of drug-likeness (QED) is 0.561. The lowest BCUT2D eigenvalue weighted by Gasteiger charge is -2.12. The lowest BCUT2D eigenvalue weighted by molar-refractivity contribution is -0.268. The fourth-order valence-corrected chi connectivity index (χ4v) is 1.11. The molecule has 0 aromatic heterocycles. The molecule has 0 fully saturated rings. The summed E-state index contributed by atoms with van der Waals surface area (Å²) in [6.07, 6.45) is 0. The second-order valence-corrected chi connectivity index (χ2v) is 3.23. The number of rotatable bonds is 1. The topological polar surface area (TPSA) is 23.1 Å². The minimum absolute atomic E-state index is 0. The molecule has 1 nitrogen and oxygen atoms in total. The Bertz CT molecular complexity index is 236. The average molecular weight is 185 g/mol. The van der Waals surface area contributed by atoms with Crippen molar-refractivity contribution in [3.05, 3.63) is 29.3 Å². The molecule has 0 unspecified atom stereocenters. The maximum absolute atomic E-state index is 11.0. The van der Waals surface area contributed by atoms with Gasteiger partial charge in [-0.3, -0.25) is 0 Å². The molecule has 1 rings (SSSR count). The Hall–Kier alpha value is -0.690. The number of hydrogen-bond acceptors (Lipinski definition) is 1. The van der Waals surface area contributed by atoms with E-state index in [0.717, 1.165) is 11.1 Å². The predicted molar refractivity (Wildman–Crippen MR) is 44.7 cm³/mol. The van der Waals surface area contributed by atoms with E-state index >= 15 is 0 Å². The van der Waals surface area contributed by atoms with Gasteiger partial charge in [0.25, 0.3) is 0 Å². The Morgan fingerprint density at radius 2 is 1.75 bits per heavy atom. The molecule has 0 bridgehead atoms. The fourth-order valence-electron chi connectivity index (χ4n) is 1.11. The molecule has 1 aromatic rings. The van der Waals surface area contributed by atoms with E-state index in [4.69, 9.17) is 0 Å². The van der Waals surface area contributed by atoms with Gasteiger partial charge < -0.3 is 17.5 Å². The molecule has 0 saturated carbocycles. The molecule has 0 spiro atoms. The van der Waals surface area contributed by atoms with Crippen molar-refractivity contribution >= 4 is 0 Å². The Kier molecular flexibility index (Phi) is 4.11. The largest absolute Gasteiger partial charge is 1.00 e. The van der Waals surface area contributed by atoms with Crippen LogP contribution in [-0.4, -0.2) is 0 Å². The Balaban J connectivity index is 0.00000121.